The molecule has 0 spiro atoms. The molecule has 12 rings (SSSR count). The molecular weight excluding hydrogens is 1270 g/mol. The summed E-state index contributed by atoms with van der Waals surface area (Å²) in [4.78, 5) is 48.5. The monoisotopic (exact) mass is 1310 g/mol. The second kappa shape index (κ2) is 25.9. The Balaban J connectivity index is 0.000000145. The first-order valence-electron chi connectivity index (χ1n) is 26.9. The van der Waals surface area contributed by atoms with Crippen LogP contribution in [0.1, 0.15) is 72.2 Å². The van der Waals surface area contributed by atoms with Crippen LogP contribution in [-0.2, 0) is 38.1 Å². The normalized spacial score (nSPS) is 20.8. The number of hydrogen-bond acceptors (Lipinski definition) is 12. The van der Waals surface area contributed by atoms with Crippen molar-refractivity contribution in [3.63, 3.8) is 0 Å². The van der Waals surface area contributed by atoms with E-state index in [9.17, 15) is 83.5 Å². The van der Waals surface area contributed by atoms with Gasteiger partial charge in [-0.15, -0.1) is 0 Å². The van der Waals surface area contributed by atoms with Crippen LogP contribution in [0, 0.1) is 58.2 Å². The van der Waals surface area contributed by atoms with Gasteiger partial charge in [0.1, 0.15) is 58.2 Å². The van der Waals surface area contributed by atoms with E-state index in [1.165, 1.54) is 88.4 Å². The molecular formula is C68H44Cl2F10O12. The largest absolute Gasteiger partial charge is 0.425 e. The maximum absolute atomic E-state index is 14.1. The first-order chi connectivity index (χ1) is 43.2. The Morgan fingerprint density at radius 3 is 0.728 bits per heavy atom. The Hall–Kier alpha value is -9.68. The minimum Gasteiger partial charge on any atom is -0.425 e. The van der Waals surface area contributed by atoms with E-state index in [-0.39, 0.29) is 39.0 Å². The second-order valence-electron chi connectivity index (χ2n) is 20.9. The highest BCUT2D eigenvalue weighted by atomic mass is 35.5. The molecule has 0 bridgehead atoms. The van der Waals surface area contributed by atoms with Crippen molar-refractivity contribution in [3.05, 3.63) is 283 Å². The van der Waals surface area contributed by atoms with Gasteiger partial charge in [0.25, 0.3) is 0 Å². The van der Waals surface area contributed by atoms with Gasteiger partial charge >= 0.3 is 23.9 Å². The predicted molar refractivity (Wildman–Crippen MR) is 315 cm³/mol. The molecule has 4 aliphatic rings. The topological polar surface area (TPSA) is 186 Å². The average Bonchev–Trinajstić information content (AvgIpc) is 1.61. The smallest absolute Gasteiger partial charge is 0.342 e. The van der Waals surface area contributed by atoms with Gasteiger partial charge in [0.05, 0.1) is 44.5 Å². The molecule has 4 N–H and O–H groups in total. The number of carbonyl (C=O) groups is 4. The number of halogens is 12. The number of carbonyl (C=O) groups excluding carboxylic acids is 4. The lowest BCUT2D eigenvalue weighted by Gasteiger charge is -2.20. The number of cyclic esters (lactones) is 4. The third kappa shape index (κ3) is 13.4. The zero-order valence-corrected chi connectivity index (χ0v) is 49.3. The average molecular weight is 1310 g/mol. The molecule has 4 heterocycles. The predicted octanol–water partition coefficient (Wildman–Crippen LogP) is 14.1. The molecule has 0 aromatic heterocycles. The van der Waals surface area contributed by atoms with Crippen molar-refractivity contribution in [2.75, 3.05) is 0 Å². The van der Waals surface area contributed by atoms with Crippen molar-refractivity contribution in [3.8, 4) is 0 Å². The third-order valence-corrected chi connectivity index (χ3v) is 14.7. The van der Waals surface area contributed by atoms with E-state index in [1.54, 1.807) is 60.7 Å². The fraction of sp³-hybridized carbons (Fsp3) is 0.118. The van der Waals surface area contributed by atoms with E-state index in [2.05, 4.69) is 0 Å². The van der Waals surface area contributed by atoms with Gasteiger partial charge in [0.15, 0.2) is 0 Å². The first kappa shape index (κ1) is 66.7. The second-order valence-corrected chi connectivity index (χ2v) is 21.8. The molecule has 4 unspecified atom stereocenters. The maximum atomic E-state index is 14.1. The molecule has 472 valence electrons. The van der Waals surface area contributed by atoms with E-state index in [0.29, 0.717) is 51.0 Å². The molecule has 0 aliphatic carbocycles. The van der Waals surface area contributed by atoms with Crippen LogP contribution in [-0.4, -0.2) is 67.5 Å². The Bertz CT molecular complexity index is 4350. The summed E-state index contributed by atoms with van der Waals surface area (Å²) in [7, 11) is 0. The zero-order valence-electron chi connectivity index (χ0n) is 47.8. The number of ether oxygens (including phenoxy) is 4. The van der Waals surface area contributed by atoms with Crippen molar-refractivity contribution in [1.82, 2.24) is 0 Å². The minimum atomic E-state index is -2.10. The van der Waals surface area contributed by atoms with Crippen molar-refractivity contribution in [1.29, 1.82) is 0 Å². The van der Waals surface area contributed by atoms with Crippen molar-refractivity contribution >= 4 is 91.7 Å². The number of hydrogen-bond donors (Lipinski definition) is 4. The van der Waals surface area contributed by atoms with E-state index >= 15 is 0 Å². The molecule has 0 amide bonds. The lowest BCUT2D eigenvalue weighted by molar-refractivity contribution is -0.170. The first-order valence-corrected chi connectivity index (χ1v) is 27.6. The summed E-state index contributed by atoms with van der Waals surface area (Å²) >= 11 is 11.6. The van der Waals surface area contributed by atoms with Gasteiger partial charge in [-0.3, -0.25) is 0 Å². The maximum Gasteiger partial charge on any atom is 0.342 e. The Morgan fingerprint density at radius 1 is 0.293 bits per heavy atom. The number of esters is 4. The Labute approximate surface area is 525 Å². The molecule has 8 aromatic rings. The van der Waals surface area contributed by atoms with Gasteiger partial charge in [-0.05, 0) is 70.8 Å². The zero-order chi connectivity index (χ0) is 67.1. The van der Waals surface area contributed by atoms with Crippen LogP contribution in [0.3, 0.4) is 0 Å². The molecule has 24 heteroatoms. The van der Waals surface area contributed by atoms with Gasteiger partial charge in [0, 0.05) is 84.3 Å². The highest BCUT2D eigenvalue weighted by Gasteiger charge is 2.49. The van der Waals surface area contributed by atoms with Crippen molar-refractivity contribution < 1.29 is 102 Å². The van der Waals surface area contributed by atoms with Crippen LogP contribution >= 0.6 is 23.2 Å². The molecule has 4 atom stereocenters. The van der Waals surface area contributed by atoms with E-state index < -0.39 is 139 Å². The fourth-order valence-corrected chi connectivity index (χ4v) is 10.8. The lowest BCUT2D eigenvalue weighted by atomic mass is 9.91. The van der Waals surface area contributed by atoms with Crippen molar-refractivity contribution in [2.45, 2.75) is 50.8 Å². The van der Waals surface area contributed by atoms with E-state index in [1.807, 2.05) is 0 Å². The number of benzene rings is 8. The van der Waals surface area contributed by atoms with E-state index in [4.69, 9.17) is 42.1 Å². The van der Waals surface area contributed by atoms with Gasteiger partial charge in [-0.25, -0.2) is 63.1 Å². The summed E-state index contributed by atoms with van der Waals surface area (Å²) in [5.41, 5.74) is -2.81. The van der Waals surface area contributed by atoms with Crippen LogP contribution in [0.4, 0.5) is 43.9 Å². The SMILES string of the molecule is CC1(O)OC(=O)C(c2c(F)cc(F)cc2F)=C1c1ccc(Cl)cc1.CC1(O)OC(=O)C(c2c(F)cc(F)cc2F)=C1c1ccccc1.CC1(O)OC(=O)C(c2c(F)cccc2F)=C1c1ccc(Cl)cc1.CC1(O)OC(=O)C(c2c(F)cccc2F)=C1c1ccccc1. The Kier molecular flexibility index (Phi) is 18.8. The molecule has 4 aliphatic heterocycles. The molecule has 92 heavy (non-hydrogen) atoms. The van der Waals surface area contributed by atoms with Gasteiger partial charge in [0.2, 0.25) is 23.1 Å². The minimum absolute atomic E-state index is 0.0110. The third-order valence-electron chi connectivity index (χ3n) is 14.2. The summed E-state index contributed by atoms with van der Waals surface area (Å²) in [5.74, 6) is -23.2. The van der Waals surface area contributed by atoms with Crippen LogP contribution in [0.2, 0.25) is 10.0 Å². The molecule has 0 saturated carbocycles. The summed E-state index contributed by atoms with van der Waals surface area (Å²) in [6.45, 7) is 4.86. The Morgan fingerprint density at radius 2 is 0.500 bits per heavy atom. The van der Waals surface area contributed by atoms with Crippen molar-refractivity contribution in [2.24, 2.45) is 0 Å². The van der Waals surface area contributed by atoms with Gasteiger partial charge in [-0.2, -0.15) is 0 Å². The molecule has 12 nitrogen and oxygen atoms in total. The standard InChI is InChI=1S/C17H10ClF3O3.C17H11ClF2O3.C17H11F3O3.C17H12F2O3/c1-17(23)15(8-2-4-9(18)5-3-8)14(16(22)24-17)13-11(20)6-10(19)7-12(13)21;1-17(22)15(9-5-7-10(18)8-6-9)14(16(21)23-17)13-11(19)3-2-4-12(13)20;1-17(22)15(9-5-3-2-4-6-9)14(16(21)23-17)13-11(19)7-10(18)8-12(13)20;1-17(21)15(10-6-3-2-4-7-10)14(16(20)22-17)13-11(18)8-5-9-12(13)19/h2-7,23H,1H3;2*2-8,22H,1H3;2-9,21H,1H3. The lowest BCUT2D eigenvalue weighted by Crippen LogP contribution is -2.26. The molecule has 0 saturated heterocycles. The van der Waals surface area contributed by atoms with Crippen LogP contribution in [0.25, 0.3) is 44.6 Å². The summed E-state index contributed by atoms with van der Waals surface area (Å²) < 4.78 is 158. The van der Waals surface area contributed by atoms with Gasteiger partial charge < -0.3 is 39.4 Å². The molecule has 8 aromatic carbocycles. The van der Waals surface area contributed by atoms with E-state index in [0.717, 1.165) is 24.3 Å². The number of aliphatic hydroxyl groups is 4. The summed E-state index contributed by atoms with van der Waals surface area (Å²) in [5, 5.41) is 42.3. The van der Waals surface area contributed by atoms with Crippen LogP contribution in [0.15, 0.2) is 170 Å². The molecule has 0 radical (unpaired) electrons. The highest BCUT2D eigenvalue weighted by molar-refractivity contribution is 6.32. The quantitative estimate of drug-likeness (QED) is 0.0642. The fourth-order valence-electron chi connectivity index (χ4n) is 10.5. The summed E-state index contributed by atoms with van der Waals surface area (Å²) in [6.07, 6.45) is 0. The number of rotatable bonds is 8. The van der Waals surface area contributed by atoms with Gasteiger partial charge in [-0.1, -0.05) is 120 Å². The molecule has 0 fully saturated rings. The summed E-state index contributed by atoms with van der Waals surface area (Å²) in [6, 6.07) is 36.9. The van der Waals surface area contributed by atoms with Crippen LogP contribution in [0.5, 0.6) is 0 Å². The highest BCUT2D eigenvalue weighted by Crippen LogP contribution is 2.48. The van der Waals surface area contributed by atoms with Crippen LogP contribution < -0.4 is 0 Å².